The van der Waals surface area contributed by atoms with Crippen molar-refractivity contribution in [2.45, 2.75) is 6.92 Å². The second-order valence-corrected chi connectivity index (χ2v) is 3.72. The van der Waals surface area contributed by atoms with E-state index in [2.05, 4.69) is 25.7 Å². The number of aromatic nitrogens is 3. The summed E-state index contributed by atoms with van der Waals surface area (Å²) >= 11 is 0. The summed E-state index contributed by atoms with van der Waals surface area (Å²) < 4.78 is 4.90. The van der Waals surface area contributed by atoms with E-state index in [1.54, 1.807) is 24.3 Å². The Hall–Kier alpha value is -3.03. The van der Waals surface area contributed by atoms with Crippen molar-refractivity contribution in [3.05, 3.63) is 46.4 Å². The summed E-state index contributed by atoms with van der Waals surface area (Å²) in [7, 11) is 0. The van der Waals surface area contributed by atoms with Crippen LogP contribution >= 0.6 is 0 Å². The summed E-state index contributed by atoms with van der Waals surface area (Å²) in [6.45, 7) is 1.33. The van der Waals surface area contributed by atoms with Gasteiger partial charge in [0.05, 0.1) is 6.21 Å². The van der Waals surface area contributed by atoms with Gasteiger partial charge in [-0.25, -0.2) is 5.43 Å². The van der Waals surface area contributed by atoms with Crippen LogP contribution in [0.1, 0.15) is 12.5 Å². The standard InChI is InChI=1S/C12H11N5O3/c1-8(18)20-10-4-2-9(3-5-10)6-13-16-12-15-11(19)7-14-17-12/h2-7H,1H3,(H2,15,16,17,19)/b13-6+. The van der Waals surface area contributed by atoms with E-state index < -0.39 is 0 Å². The first-order valence-corrected chi connectivity index (χ1v) is 5.63. The lowest BCUT2D eigenvalue weighted by atomic mass is 10.2. The van der Waals surface area contributed by atoms with Gasteiger partial charge in [0, 0.05) is 6.92 Å². The molecule has 2 rings (SSSR count). The average Bonchev–Trinajstić information content (AvgIpc) is 2.40. The van der Waals surface area contributed by atoms with Gasteiger partial charge < -0.3 is 4.74 Å². The monoisotopic (exact) mass is 273 g/mol. The second-order valence-electron chi connectivity index (χ2n) is 3.72. The molecular formula is C12H11N5O3. The quantitative estimate of drug-likeness (QED) is 0.364. The van der Waals surface area contributed by atoms with Crippen LogP contribution in [0.3, 0.4) is 0 Å². The number of ether oxygens (including phenoxy) is 1. The summed E-state index contributed by atoms with van der Waals surface area (Å²) in [6.07, 6.45) is 2.58. The van der Waals surface area contributed by atoms with E-state index in [0.29, 0.717) is 5.75 Å². The molecule has 0 spiro atoms. The van der Waals surface area contributed by atoms with Gasteiger partial charge in [-0.1, -0.05) is 0 Å². The lowest BCUT2D eigenvalue weighted by molar-refractivity contribution is -0.131. The number of carbonyl (C=O) groups excluding carboxylic acids is 1. The number of carbonyl (C=O) groups is 1. The van der Waals surface area contributed by atoms with Gasteiger partial charge in [-0.05, 0) is 29.8 Å². The molecule has 102 valence electrons. The molecule has 0 bridgehead atoms. The maximum Gasteiger partial charge on any atom is 0.308 e. The Kier molecular flexibility index (Phi) is 4.17. The van der Waals surface area contributed by atoms with Gasteiger partial charge in [-0.2, -0.15) is 5.10 Å². The van der Waals surface area contributed by atoms with E-state index in [9.17, 15) is 9.59 Å². The van der Waals surface area contributed by atoms with Crippen molar-refractivity contribution in [2.75, 3.05) is 5.43 Å². The Balaban J connectivity index is 1.97. The number of rotatable bonds is 4. The number of nitrogens with one attached hydrogen (secondary N) is 2. The smallest absolute Gasteiger partial charge is 0.308 e. The Morgan fingerprint density at radius 1 is 1.40 bits per heavy atom. The molecule has 8 heteroatoms. The van der Waals surface area contributed by atoms with Gasteiger partial charge in [-0.3, -0.25) is 14.6 Å². The van der Waals surface area contributed by atoms with Crippen molar-refractivity contribution >= 4 is 18.1 Å². The normalized spacial score (nSPS) is 10.4. The maximum absolute atomic E-state index is 11.0. The van der Waals surface area contributed by atoms with Gasteiger partial charge in [0.1, 0.15) is 11.9 Å². The molecule has 8 nitrogen and oxygen atoms in total. The second kappa shape index (κ2) is 6.23. The Labute approximate surface area is 113 Å². The zero-order valence-electron chi connectivity index (χ0n) is 10.5. The summed E-state index contributed by atoms with van der Waals surface area (Å²) in [5.41, 5.74) is 2.94. The van der Waals surface area contributed by atoms with Crippen LogP contribution in [0, 0.1) is 0 Å². The van der Waals surface area contributed by atoms with Crippen LogP contribution in [0.15, 0.2) is 40.4 Å². The molecule has 0 aliphatic heterocycles. The van der Waals surface area contributed by atoms with Gasteiger partial charge >= 0.3 is 5.97 Å². The lowest BCUT2D eigenvalue weighted by Crippen LogP contribution is -2.10. The lowest BCUT2D eigenvalue weighted by Gasteiger charge is -2.00. The van der Waals surface area contributed by atoms with Crippen molar-refractivity contribution in [1.82, 2.24) is 15.2 Å². The SMILES string of the molecule is CC(=O)Oc1ccc(/C=N/Nc2nncc(=O)[nH]2)cc1. The Morgan fingerprint density at radius 2 is 2.15 bits per heavy atom. The summed E-state index contributed by atoms with van der Waals surface area (Å²) in [5.74, 6) is 0.228. The Morgan fingerprint density at radius 3 is 2.80 bits per heavy atom. The van der Waals surface area contributed by atoms with E-state index in [0.717, 1.165) is 11.8 Å². The zero-order valence-corrected chi connectivity index (χ0v) is 10.5. The maximum atomic E-state index is 11.0. The minimum Gasteiger partial charge on any atom is -0.427 e. The number of H-pyrrole nitrogens is 1. The molecule has 0 aliphatic carbocycles. The highest BCUT2D eigenvalue weighted by Gasteiger charge is 1.97. The van der Waals surface area contributed by atoms with Crippen molar-refractivity contribution in [3.8, 4) is 5.75 Å². The van der Waals surface area contributed by atoms with Crippen LogP contribution < -0.4 is 15.7 Å². The molecule has 2 aromatic rings. The first-order valence-electron chi connectivity index (χ1n) is 5.63. The fourth-order valence-electron chi connectivity index (χ4n) is 1.32. The number of anilines is 1. The third-order valence-electron chi connectivity index (χ3n) is 2.10. The number of esters is 1. The molecule has 20 heavy (non-hydrogen) atoms. The molecule has 1 aromatic carbocycles. The number of hydrogen-bond acceptors (Lipinski definition) is 7. The number of aromatic amines is 1. The largest absolute Gasteiger partial charge is 0.427 e. The molecule has 0 atom stereocenters. The topological polar surface area (TPSA) is 109 Å². The molecule has 0 fully saturated rings. The van der Waals surface area contributed by atoms with E-state index in [1.807, 2.05) is 0 Å². The minimum absolute atomic E-state index is 0.144. The highest BCUT2D eigenvalue weighted by Crippen LogP contribution is 2.11. The van der Waals surface area contributed by atoms with Crippen molar-refractivity contribution in [3.63, 3.8) is 0 Å². The first kappa shape index (κ1) is 13.4. The number of hydrogen-bond donors (Lipinski definition) is 2. The van der Waals surface area contributed by atoms with Crippen molar-refractivity contribution in [2.24, 2.45) is 5.10 Å². The van der Waals surface area contributed by atoms with Crippen LogP contribution in [0.4, 0.5) is 5.95 Å². The van der Waals surface area contributed by atoms with Crippen molar-refractivity contribution < 1.29 is 9.53 Å². The molecule has 0 unspecified atom stereocenters. The fourth-order valence-corrected chi connectivity index (χ4v) is 1.32. The molecule has 0 radical (unpaired) electrons. The van der Waals surface area contributed by atoms with Crippen LogP contribution in [0.25, 0.3) is 0 Å². The molecule has 0 saturated carbocycles. The number of benzene rings is 1. The van der Waals surface area contributed by atoms with Crippen LogP contribution in [-0.4, -0.2) is 27.4 Å². The van der Waals surface area contributed by atoms with E-state index in [4.69, 9.17) is 4.74 Å². The summed E-state index contributed by atoms with van der Waals surface area (Å²) in [4.78, 5) is 24.1. The van der Waals surface area contributed by atoms with E-state index >= 15 is 0 Å². The van der Waals surface area contributed by atoms with Gasteiger partial charge in [0.2, 0.25) is 5.95 Å². The summed E-state index contributed by atoms with van der Waals surface area (Å²) in [6, 6.07) is 6.74. The summed E-state index contributed by atoms with van der Waals surface area (Å²) in [5, 5.41) is 11.0. The molecule has 0 aliphatic rings. The first-order chi connectivity index (χ1) is 9.63. The van der Waals surface area contributed by atoms with E-state index in [-0.39, 0.29) is 17.5 Å². The average molecular weight is 273 g/mol. The highest BCUT2D eigenvalue weighted by atomic mass is 16.5. The third-order valence-corrected chi connectivity index (χ3v) is 2.10. The molecule has 2 N–H and O–H groups in total. The molecule has 0 amide bonds. The van der Waals surface area contributed by atoms with Crippen molar-refractivity contribution in [1.29, 1.82) is 0 Å². The fraction of sp³-hybridized carbons (Fsp3) is 0.0833. The van der Waals surface area contributed by atoms with Crippen LogP contribution in [0.2, 0.25) is 0 Å². The predicted molar refractivity (Wildman–Crippen MR) is 71.6 cm³/mol. The predicted octanol–water partition coefficient (Wildman–Crippen LogP) is 0.536. The molecular weight excluding hydrogens is 262 g/mol. The van der Waals surface area contributed by atoms with Gasteiger partial charge in [-0.15, -0.1) is 10.2 Å². The molecule has 1 heterocycles. The number of hydrazone groups is 1. The zero-order chi connectivity index (χ0) is 14.4. The Bertz CT molecular complexity index is 678. The van der Waals surface area contributed by atoms with Gasteiger partial charge in [0.25, 0.3) is 5.56 Å². The third kappa shape index (κ3) is 4.02. The van der Waals surface area contributed by atoms with Gasteiger partial charge in [0.15, 0.2) is 0 Å². The van der Waals surface area contributed by atoms with Crippen LogP contribution in [0.5, 0.6) is 5.75 Å². The van der Waals surface area contributed by atoms with E-state index in [1.165, 1.54) is 13.1 Å². The van der Waals surface area contributed by atoms with Crippen LogP contribution in [-0.2, 0) is 4.79 Å². The molecule has 1 aromatic heterocycles. The highest BCUT2D eigenvalue weighted by molar-refractivity contribution is 5.80. The molecule has 0 saturated heterocycles. The minimum atomic E-state index is -0.375. The number of nitrogens with zero attached hydrogens (tertiary/aromatic N) is 3.